The number of ketones is 1. The number of furan rings is 1. The Labute approximate surface area is 115 Å². The zero-order chi connectivity index (χ0) is 13.9. The molecule has 0 atom stereocenters. The molecule has 1 saturated carbocycles. The summed E-state index contributed by atoms with van der Waals surface area (Å²) in [5.74, 6) is 3.10. The molecule has 0 amide bonds. The maximum Gasteiger partial charge on any atom is 0.132 e. The first-order valence-corrected chi connectivity index (χ1v) is 7.27. The highest BCUT2D eigenvalue weighted by Gasteiger charge is 2.25. The SMILES string of the molecule is Cc1ccc(C(C)(C)CNCC2CCC(=O)CC2)o1. The smallest absolute Gasteiger partial charge is 0.132 e. The molecule has 3 heteroatoms. The second-order valence-corrected chi connectivity index (χ2v) is 6.41. The Morgan fingerprint density at radius 2 is 2.00 bits per heavy atom. The van der Waals surface area contributed by atoms with E-state index < -0.39 is 0 Å². The van der Waals surface area contributed by atoms with Crippen molar-refractivity contribution in [2.24, 2.45) is 5.92 Å². The molecule has 0 radical (unpaired) electrons. The Morgan fingerprint density at radius 1 is 1.32 bits per heavy atom. The predicted molar refractivity (Wildman–Crippen MR) is 76.3 cm³/mol. The van der Waals surface area contributed by atoms with Crippen LogP contribution in [0.4, 0.5) is 0 Å². The number of nitrogens with one attached hydrogen (secondary N) is 1. The Morgan fingerprint density at radius 3 is 2.58 bits per heavy atom. The molecule has 1 aromatic heterocycles. The van der Waals surface area contributed by atoms with E-state index in [1.807, 2.05) is 13.0 Å². The Balaban J connectivity index is 1.77. The standard InChI is InChI=1S/C16H25NO2/c1-12-4-9-15(19-12)16(2,3)11-17-10-13-5-7-14(18)8-6-13/h4,9,13,17H,5-8,10-11H2,1-3H3. The minimum absolute atomic E-state index is 0.0126. The van der Waals surface area contributed by atoms with Gasteiger partial charge < -0.3 is 9.73 Å². The van der Waals surface area contributed by atoms with Gasteiger partial charge in [0.1, 0.15) is 17.3 Å². The molecule has 3 nitrogen and oxygen atoms in total. The molecule has 1 heterocycles. The number of carbonyl (C=O) groups excluding carboxylic acids is 1. The average molecular weight is 263 g/mol. The zero-order valence-corrected chi connectivity index (χ0v) is 12.3. The van der Waals surface area contributed by atoms with Crippen molar-refractivity contribution in [2.45, 2.75) is 51.9 Å². The van der Waals surface area contributed by atoms with Gasteiger partial charge in [0.15, 0.2) is 0 Å². The van der Waals surface area contributed by atoms with Crippen LogP contribution in [0.15, 0.2) is 16.5 Å². The van der Waals surface area contributed by atoms with Crippen molar-refractivity contribution >= 4 is 5.78 Å². The van der Waals surface area contributed by atoms with Gasteiger partial charge in [-0.1, -0.05) is 13.8 Å². The fourth-order valence-electron chi connectivity index (χ4n) is 2.68. The second-order valence-electron chi connectivity index (χ2n) is 6.41. The van der Waals surface area contributed by atoms with Crippen LogP contribution in [-0.2, 0) is 10.2 Å². The lowest BCUT2D eigenvalue weighted by atomic mass is 9.87. The van der Waals surface area contributed by atoms with Crippen LogP contribution >= 0.6 is 0 Å². The zero-order valence-electron chi connectivity index (χ0n) is 12.3. The van der Waals surface area contributed by atoms with E-state index in [4.69, 9.17) is 4.42 Å². The molecule has 1 fully saturated rings. The highest BCUT2D eigenvalue weighted by Crippen LogP contribution is 2.25. The molecule has 0 aromatic carbocycles. The molecule has 0 spiro atoms. The molecule has 0 aliphatic heterocycles. The number of hydrogen-bond donors (Lipinski definition) is 1. The molecule has 1 aliphatic carbocycles. The first-order chi connectivity index (χ1) is 8.97. The van der Waals surface area contributed by atoms with Gasteiger partial charge in [0.2, 0.25) is 0 Å². The van der Waals surface area contributed by atoms with E-state index in [1.54, 1.807) is 0 Å². The fourth-order valence-corrected chi connectivity index (χ4v) is 2.68. The van der Waals surface area contributed by atoms with Gasteiger partial charge in [-0.25, -0.2) is 0 Å². The van der Waals surface area contributed by atoms with Crippen LogP contribution in [0.5, 0.6) is 0 Å². The molecule has 106 valence electrons. The van der Waals surface area contributed by atoms with Crippen LogP contribution in [0.2, 0.25) is 0 Å². The maximum atomic E-state index is 11.2. The number of Topliss-reactive ketones (excluding diaryl/α,β-unsaturated/α-hetero) is 1. The van der Waals surface area contributed by atoms with Crippen LogP contribution in [-0.4, -0.2) is 18.9 Å². The van der Waals surface area contributed by atoms with Gasteiger partial charge in [0, 0.05) is 24.8 Å². The summed E-state index contributed by atoms with van der Waals surface area (Å²) in [5.41, 5.74) is 0.0126. The average Bonchev–Trinajstić information content (AvgIpc) is 2.79. The summed E-state index contributed by atoms with van der Waals surface area (Å²) in [5, 5.41) is 3.55. The van der Waals surface area contributed by atoms with Crippen molar-refractivity contribution in [1.29, 1.82) is 0 Å². The third kappa shape index (κ3) is 3.93. The Bertz CT molecular complexity index is 424. The third-order valence-corrected chi connectivity index (χ3v) is 4.07. The van der Waals surface area contributed by atoms with Crippen LogP contribution in [0.3, 0.4) is 0 Å². The summed E-state index contributed by atoms with van der Waals surface area (Å²) in [4.78, 5) is 11.2. The van der Waals surface area contributed by atoms with E-state index in [0.29, 0.717) is 11.7 Å². The molecule has 2 rings (SSSR count). The number of rotatable bonds is 5. The number of hydrogen-bond acceptors (Lipinski definition) is 3. The van der Waals surface area contributed by atoms with E-state index in [2.05, 4.69) is 25.2 Å². The molecule has 1 N–H and O–H groups in total. The third-order valence-electron chi connectivity index (χ3n) is 4.07. The molecule has 0 saturated heterocycles. The van der Waals surface area contributed by atoms with Crippen LogP contribution < -0.4 is 5.32 Å². The first kappa shape index (κ1) is 14.3. The van der Waals surface area contributed by atoms with Gasteiger partial charge in [-0.05, 0) is 44.4 Å². The van der Waals surface area contributed by atoms with Gasteiger partial charge in [-0.2, -0.15) is 0 Å². The lowest BCUT2D eigenvalue weighted by molar-refractivity contribution is -0.120. The van der Waals surface area contributed by atoms with E-state index in [1.165, 1.54) is 0 Å². The fraction of sp³-hybridized carbons (Fsp3) is 0.688. The first-order valence-electron chi connectivity index (χ1n) is 7.27. The molecular weight excluding hydrogens is 238 g/mol. The van der Waals surface area contributed by atoms with Gasteiger partial charge >= 0.3 is 0 Å². The largest absolute Gasteiger partial charge is 0.466 e. The van der Waals surface area contributed by atoms with E-state index >= 15 is 0 Å². The van der Waals surface area contributed by atoms with Crippen molar-refractivity contribution in [3.8, 4) is 0 Å². The van der Waals surface area contributed by atoms with Gasteiger partial charge in [-0.15, -0.1) is 0 Å². The van der Waals surface area contributed by atoms with Crippen molar-refractivity contribution in [1.82, 2.24) is 5.32 Å². The van der Waals surface area contributed by atoms with Gasteiger partial charge in [0.25, 0.3) is 0 Å². The molecular formula is C16H25NO2. The van der Waals surface area contributed by atoms with Crippen molar-refractivity contribution < 1.29 is 9.21 Å². The summed E-state index contributed by atoms with van der Waals surface area (Å²) >= 11 is 0. The maximum absolute atomic E-state index is 11.2. The predicted octanol–water partition coefficient (Wildman–Crippen LogP) is 3.21. The summed E-state index contributed by atoms with van der Waals surface area (Å²) in [6.07, 6.45) is 3.64. The van der Waals surface area contributed by atoms with Gasteiger partial charge in [-0.3, -0.25) is 4.79 Å². The molecule has 0 unspecified atom stereocenters. The Hall–Kier alpha value is -1.09. The summed E-state index contributed by atoms with van der Waals surface area (Å²) in [6, 6.07) is 4.08. The van der Waals surface area contributed by atoms with Crippen molar-refractivity contribution in [2.75, 3.05) is 13.1 Å². The highest BCUT2D eigenvalue weighted by atomic mass is 16.3. The molecule has 0 bridgehead atoms. The van der Waals surface area contributed by atoms with Crippen LogP contribution in [0.1, 0.15) is 51.1 Å². The minimum Gasteiger partial charge on any atom is -0.466 e. The highest BCUT2D eigenvalue weighted by molar-refractivity contribution is 5.79. The second kappa shape index (κ2) is 5.91. The summed E-state index contributed by atoms with van der Waals surface area (Å²) < 4.78 is 5.72. The van der Waals surface area contributed by atoms with Crippen molar-refractivity contribution in [3.05, 3.63) is 23.7 Å². The molecule has 1 aliphatic rings. The molecule has 19 heavy (non-hydrogen) atoms. The number of aryl methyl sites for hydroxylation is 1. The Kier molecular flexibility index (Phi) is 4.46. The molecule has 1 aromatic rings. The minimum atomic E-state index is 0.0126. The van der Waals surface area contributed by atoms with E-state index in [-0.39, 0.29) is 5.41 Å². The van der Waals surface area contributed by atoms with E-state index in [0.717, 1.165) is 50.3 Å². The summed E-state index contributed by atoms with van der Waals surface area (Å²) in [7, 11) is 0. The number of carbonyl (C=O) groups is 1. The normalized spacial score (nSPS) is 17.9. The van der Waals surface area contributed by atoms with Crippen LogP contribution in [0, 0.1) is 12.8 Å². The van der Waals surface area contributed by atoms with Crippen LogP contribution in [0.25, 0.3) is 0 Å². The quantitative estimate of drug-likeness (QED) is 0.887. The lowest BCUT2D eigenvalue weighted by Gasteiger charge is -2.26. The van der Waals surface area contributed by atoms with Gasteiger partial charge in [0.05, 0.1) is 0 Å². The lowest BCUT2D eigenvalue weighted by Crippen LogP contribution is -2.36. The topological polar surface area (TPSA) is 42.2 Å². The van der Waals surface area contributed by atoms with E-state index in [9.17, 15) is 4.79 Å². The van der Waals surface area contributed by atoms with Crippen molar-refractivity contribution in [3.63, 3.8) is 0 Å². The summed E-state index contributed by atoms with van der Waals surface area (Å²) in [6.45, 7) is 8.29. The monoisotopic (exact) mass is 263 g/mol.